The van der Waals surface area contributed by atoms with Gasteiger partial charge in [-0.3, -0.25) is 14.9 Å². The van der Waals surface area contributed by atoms with Crippen LogP contribution in [0.3, 0.4) is 0 Å². The zero-order valence-corrected chi connectivity index (χ0v) is 17.9. The third-order valence-corrected chi connectivity index (χ3v) is 6.63. The number of nitrogens with zero attached hydrogens (tertiary/aromatic N) is 2. The summed E-state index contributed by atoms with van der Waals surface area (Å²) >= 11 is 1.36. The lowest BCUT2D eigenvalue weighted by molar-refractivity contribution is -0.120. The standard InChI is InChI=1S/C25H23N3O2S/c29-23(27-25-26-13-14-31-25)22(18-9-5-2-6-10-18)28-16-20-12-11-19(15-21(20)24(28)30)17-7-3-1-4-8-17/h2,5-7,9-15,22H,1,3-4,8,16H2,(H,26,27,29). The molecule has 1 aromatic heterocycles. The molecule has 31 heavy (non-hydrogen) atoms. The fourth-order valence-electron chi connectivity index (χ4n) is 4.40. The minimum atomic E-state index is -0.720. The number of hydrogen-bond donors (Lipinski definition) is 1. The van der Waals surface area contributed by atoms with Crippen LogP contribution in [0.15, 0.2) is 66.2 Å². The Bertz CT molecular complexity index is 1140. The van der Waals surface area contributed by atoms with E-state index in [-0.39, 0.29) is 11.8 Å². The number of thiazole rings is 1. The third kappa shape index (κ3) is 3.91. The molecule has 2 aromatic carbocycles. The maximum absolute atomic E-state index is 13.5. The van der Waals surface area contributed by atoms with Crippen LogP contribution in [0.4, 0.5) is 5.13 Å². The van der Waals surface area contributed by atoms with Gasteiger partial charge in [0.05, 0.1) is 0 Å². The molecule has 0 radical (unpaired) electrons. The molecule has 3 aromatic rings. The molecule has 1 N–H and O–H groups in total. The number of anilines is 1. The first-order chi connectivity index (χ1) is 15.2. The highest BCUT2D eigenvalue weighted by Gasteiger charge is 2.37. The minimum Gasteiger partial charge on any atom is -0.318 e. The maximum Gasteiger partial charge on any atom is 0.255 e. The van der Waals surface area contributed by atoms with Gasteiger partial charge in [0.15, 0.2) is 5.13 Å². The highest BCUT2D eigenvalue weighted by Crippen LogP contribution is 2.35. The monoisotopic (exact) mass is 429 g/mol. The molecule has 2 aliphatic rings. The van der Waals surface area contributed by atoms with E-state index in [1.54, 1.807) is 11.1 Å². The molecule has 0 saturated heterocycles. The highest BCUT2D eigenvalue weighted by molar-refractivity contribution is 7.13. The molecule has 2 heterocycles. The first-order valence-electron chi connectivity index (χ1n) is 10.6. The van der Waals surface area contributed by atoms with E-state index in [1.165, 1.54) is 29.8 Å². The van der Waals surface area contributed by atoms with Crippen molar-refractivity contribution in [2.45, 2.75) is 38.3 Å². The van der Waals surface area contributed by atoms with Crippen LogP contribution in [0.2, 0.25) is 0 Å². The second-order valence-corrected chi connectivity index (χ2v) is 8.81. The van der Waals surface area contributed by atoms with Crippen LogP contribution in [0.1, 0.15) is 58.8 Å². The number of rotatable bonds is 5. The summed E-state index contributed by atoms with van der Waals surface area (Å²) in [5.41, 5.74) is 4.89. The molecule has 0 saturated carbocycles. The Labute approximate surface area is 185 Å². The van der Waals surface area contributed by atoms with E-state index in [9.17, 15) is 9.59 Å². The lowest BCUT2D eigenvalue weighted by atomic mass is 9.92. The summed E-state index contributed by atoms with van der Waals surface area (Å²) in [6.07, 6.45) is 8.51. The number of carbonyl (C=O) groups is 2. The normalized spacial score (nSPS) is 16.6. The Balaban J connectivity index is 1.47. The average molecular weight is 430 g/mol. The molecule has 0 bridgehead atoms. The number of allylic oxidation sites excluding steroid dienone is 2. The Kier molecular flexibility index (Phi) is 5.38. The second-order valence-electron chi connectivity index (χ2n) is 7.92. The van der Waals surface area contributed by atoms with Crippen LogP contribution < -0.4 is 5.32 Å². The number of hydrogen-bond acceptors (Lipinski definition) is 4. The van der Waals surface area contributed by atoms with Gasteiger partial charge in [-0.25, -0.2) is 4.98 Å². The molecular formula is C25H23N3O2S. The lowest BCUT2D eigenvalue weighted by Crippen LogP contribution is -2.37. The lowest BCUT2D eigenvalue weighted by Gasteiger charge is -2.27. The predicted molar refractivity (Wildman–Crippen MR) is 123 cm³/mol. The van der Waals surface area contributed by atoms with Gasteiger partial charge in [0.1, 0.15) is 6.04 Å². The molecule has 1 unspecified atom stereocenters. The zero-order valence-electron chi connectivity index (χ0n) is 17.1. The number of amides is 2. The molecule has 0 spiro atoms. The van der Waals surface area contributed by atoms with Crippen molar-refractivity contribution in [1.82, 2.24) is 9.88 Å². The minimum absolute atomic E-state index is 0.101. The predicted octanol–water partition coefficient (Wildman–Crippen LogP) is 5.44. The fraction of sp³-hybridized carbons (Fsp3) is 0.240. The molecule has 6 heteroatoms. The van der Waals surface area contributed by atoms with E-state index >= 15 is 0 Å². The molecule has 0 fully saturated rings. The molecule has 5 nitrogen and oxygen atoms in total. The van der Waals surface area contributed by atoms with E-state index in [0.717, 1.165) is 29.5 Å². The molecule has 1 aliphatic heterocycles. The topological polar surface area (TPSA) is 62.3 Å². The molecule has 2 amide bonds. The van der Waals surface area contributed by atoms with Gasteiger partial charge >= 0.3 is 0 Å². The van der Waals surface area contributed by atoms with E-state index < -0.39 is 6.04 Å². The molecule has 5 rings (SSSR count). The van der Waals surface area contributed by atoms with Gasteiger partial charge in [-0.1, -0.05) is 48.5 Å². The summed E-state index contributed by atoms with van der Waals surface area (Å²) in [6, 6.07) is 14.9. The van der Waals surface area contributed by atoms with Crippen LogP contribution >= 0.6 is 11.3 Å². The summed E-state index contributed by atoms with van der Waals surface area (Å²) < 4.78 is 0. The zero-order chi connectivity index (χ0) is 21.2. The largest absolute Gasteiger partial charge is 0.318 e. The van der Waals surface area contributed by atoms with Crippen LogP contribution in [-0.4, -0.2) is 21.7 Å². The van der Waals surface area contributed by atoms with Gasteiger partial charge in [0.2, 0.25) is 0 Å². The summed E-state index contributed by atoms with van der Waals surface area (Å²) in [5.74, 6) is -0.353. The van der Waals surface area contributed by atoms with Crippen LogP contribution in [0, 0.1) is 0 Å². The van der Waals surface area contributed by atoms with Gasteiger partial charge in [-0.15, -0.1) is 11.3 Å². The van der Waals surface area contributed by atoms with Crippen LogP contribution in [0.5, 0.6) is 0 Å². The van der Waals surface area contributed by atoms with Crippen molar-refractivity contribution in [3.8, 4) is 0 Å². The van der Waals surface area contributed by atoms with E-state index in [0.29, 0.717) is 17.2 Å². The first-order valence-corrected chi connectivity index (χ1v) is 11.5. The molecular weight excluding hydrogens is 406 g/mol. The first kappa shape index (κ1) is 19.7. The van der Waals surface area contributed by atoms with Crippen molar-refractivity contribution < 1.29 is 9.59 Å². The van der Waals surface area contributed by atoms with Crippen LogP contribution in [-0.2, 0) is 11.3 Å². The van der Waals surface area contributed by atoms with Crippen molar-refractivity contribution in [2.75, 3.05) is 5.32 Å². The summed E-state index contributed by atoms with van der Waals surface area (Å²) in [7, 11) is 0. The average Bonchev–Trinajstić information content (AvgIpc) is 3.43. The van der Waals surface area contributed by atoms with Gasteiger partial charge in [-0.2, -0.15) is 0 Å². The number of aromatic nitrogens is 1. The Morgan fingerprint density at radius 1 is 1.13 bits per heavy atom. The molecule has 1 atom stereocenters. The summed E-state index contributed by atoms with van der Waals surface area (Å²) in [6.45, 7) is 0.415. The van der Waals surface area contributed by atoms with Crippen molar-refractivity contribution >= 4 is 33.9 Å². The van der Waals surface area contributed by atoms with Gasteiger partial charge < -0.3 is 4.90 Å². The van der Waals surface area contributed by atoms with Crippen LogP contribution in [0.25, 0.3) is 5.57 Å². The number of benzene rings is 2. The van der Waals surface area contributed by atoms with Gasteiger partial charge in [0.25, 0.3) is 11.8 Å². The number of fused-ring (bicyclic) bond motifs is 1. The van der Waals surface area contributed by atoms with E-state index in [4.69, 9.17) is 0 Å². The second kappa shape index (κ2) is 8.47. The summed E-state index contributed by atoms with van der Waals surface area (Å²) in [4.78, 5) is 32.6. The Morgan fingerprint density at radius 3 is 2.74 bits per heavy atom. The van der Waals surface area contributed by atoms with E-state index in [2.05, 4.69) is 22.4 Å². The van der Waals surface area contributed by atoms with Crippen molar-refractivity contribution in [3.63, 3.8) is 0 Å². The molecule has 1 aliphatic carbocycles. The maximum atomic E-state index is 13.5. The molecule has 156 valence electrons. The van der Waals surface area contributed by atoms with E-state index in [1.807, 2.05) is 47.8 Å². The fourth-order valence-corrected chi connectivity index (χ4v) is 4.93. The Morgan fingerprint density at radius 2 is 2.00 bits per heavy atom. The highest BCUT2D eigenvalue weighted by atomic mass is 32.1. The third-order valence-electron chi connectivity index (χ3n) is 5.94. The van der Waals surface area contributed by atoms with Gasteiger partial charge in [0, 0.05) is 23.7 Å². The quantitative estimate of drug-likeness (QED) is 0.588. The van der Waals surface area contributed by atoms with Crippen molar-refractivity contribution in [3.05, 3.63) is 88.4 Å². The number of carbonyl (C=O) groups excluding carboxylic acids is 2. The SMILES string of the molecule is O=C(Nc1nccs1)C(c1ccccc1)N1Cc2ccc(C3=CCCCC3)cc2C1=O. The summed E-state index contributed by atoms with van der Waals surface area (Å²) in [5, 5.41) is 5.21. The number of nitrogens with one attached hydrogen (secondary N) is 1. The van der Waals surface area contributed by atoms with Crippen molar-refractivity contribution in [2.24, 2.45) is 0 Å². The van der Waals surface area contributed by atoms with Crippen molar-refractivity contribution in [1.29, 1.82) is 0 Å². The Hall–Kier alpha value is -3.25. The smallest absolute Gasteiger partial charge is 0.255 e. The van der Waals surface area contributed by atoms with Gasteiger partial charge in [-0.05, 0) is 54.0 Å².